The van der Waals surface area contributed by atoms with Gasteiger partial charge in [-0.3, -0.25) is 9.59 Å². The lowest BCUT2D eigenvalue weighted by atomic mass is 9.86. The highest BCUT2D eigenvalue weighted by atomic mass is 19.4. The standard InChI is InChI=1S/C46H49F3N4O5/c1-5-6-7-8-9-25-58-38-23-19-31(20-24-38)35-28-50-41(51-29-35)32-15-13-30(14-16-32)26-39(52-42(54)33-17-21-36(22-18-33)45(2,3)4)43(55)53-40(44(56)57)34-11-10-12-37(27-34)46(47,48)49/h10-24,27-29,39-40H,5-9,25-26H2,1-4H3,(H,52,54)(H,53,55)(H,56,57). The first-order valence-corrected chi connectivity index (χ1v) is 19.4. The van der Waals surface area contributed by atoms with E-state index < -0.39 is 41.6 Å². The van der Waals surface area contributed by atoms with Crippen LogP contribution in [0.25, 0.3) is 22.5 Å². The highest BCUT2D eigenvalue weighted by Crippen LogP contribution is 2.31. The van der Waals surface area contributed by atoms with E-state index in [1.807, 2.05) is 57.2 Å². The van der Waals surface area contributed by atoms with Crippen molar-refractivity contribution in [2.75, 3.05) is 6.61 Å². The summed E-state index contributed by atoms with van der Waals surface area (Å²) < 4.78 is 46.3. The number of aliphatic carboxylic acids is 1. The number of unbranched alkanes of at least 4 members (excludes halogenated alkanes) is 4. The molecule has 3 N–H and O–H groups in total. The van der Waals surface area contributed by atoms with Crippen LogP contribution in [0.3, 0.4) is 0 Å². The molecule has 2 amide bonds. The average molecular weight is 795 g/mol. The van der Waals surface area contributed by atoms with Crippen molar-refractivity contribution in [2.45, 2.75) is 89.9 Å². The van der Waals surface area contributed by atoms with Crippen molar-refractivity contribution < 1.29 is 37.4 Å². The molecule has 2 unspecified atom stereocenters. The van der Waals surface area contributed by atoms with E-state index in [-0.39, 0.29) is 23.0 Å². The van der Waals surface area contributed by atoms with E-state index in [0.717, 1.165) is 47.4 Å². The van der Waals surface area contributed by atoms with Gasteiger partial charge in [0.25, 0.3) is 5.91 Å². The fourth-order valence-corrected chi connectivity index (χ4v) is 6.29. The van der Waals surface area contributed by atoms with Crippen molar-refractivity contribution in [3.8, 4) is 28.3 Å². The summed E-state index contributed by atoms with van der Waals surface area (Å²) in [5, 5.41) is 15.0. The molecular weight excluding hydrogens is 746 g/mol. The zero-order chi connectivity index (χ0) is 41.9. The van der Waals surface area contributed by atoms with Crippen molar-refractivity contribution in [2.24, 2.45) is 0 Å². The molecule has 0 saturated carbocycles. The summed E-state index contributed by atoms with van der Waals surface area (Å²) in [6.45, 7) is 8.98. The third-order valence-corrected chi connectivity index (χ3v) is 9.72. The molecule has 0 spiro atoms. The number of carbonyl (C=O) groups excluding carboxylic acids is 2. The molecule has 0 aliphatic carbocycles. The molecule has 0 radical (unpaired) electrons. The molecule has 4 aromatic carbocycles. The molecule has 1 aromatic heterocycles. The second kappa shape index (κ2) is 19.4. The van der Waals surface area contributed by atoms with E-state index in [4.69, 9.17) is 4.74 Å². The molecule has 0 aliphatic heterocycles. The Bertz CT molecular complexity index is 2130. The number of alkyl halides is 3. The minimum absolute atomic E-state index is 0.0643. The van der Waals surface area contributed by atoms with Crippen LogP contribution in [0.1, 0.15) is 98.5 Å². The third kappa shape index (κ3) is 12.0. The number of rotatable bonds is 17. The summed E-state index contributed by atoms with van der Waals surface area (Å²) >= 11 is 0. The number of nitrogens with zero attached hydrogens (tertiary/aromatic N) is 2. The van der Waals surface area contributed by atoms with Crippen molar-refractivity contribution in [3.05, 3.63) is 137 Å². The Balaban J connectivity index is 1.30. The average Bonchev–Trinajstić information content (AvgIpc) is 3.21. The molecule has 2 atom stereocenters. The second-order valence-corrected chi connectivity index (χ2v) is 15.2. The van der Waals surface area contributed by atoms with E-state index in [2.05, 4.69) is 27.5 Å². The molecule has 0 saturated heterocycles. The number of hydrogen-bond donors (Lipinski definition) is 3. The highest BCUT2D eigenvalue weighted by molar-refractivity contribution is 5.98. The maximum Gasteiger partial charge on any atom is 0.416 e. The number of carbonyl (C=O) groups is 3. The van der Waals surface area contributed by atoms with E-state index in [1.165, 1.54) is 25.3 Å². The predicted molar refractivity (Wildman–Crippen MR) is 217 cm³/mol. The Kier molecular flexibility index (Phi) is 14.4. The molecule has 0 aliphatic rings. The van der Waals surface area contributed by atoms with Gasteiger partial charge in [0, 0.05) is 35.5 Å². The molecule has 0 bridgehead atoms. The number of benzene rings is 4. The van der Waals surface area contributed by atoms with Gasteiger partial charge in [-0.05, 0) is 70.5 Å². The highest BCUT2D eigenvalue weighted by Gasteiger charge is 2.33. The number of ether oxygens (including phenoxy) is 1. The van der Waals surface area contributed by atoms with Crippen LogP contribution in [0.2, 0.25) is 0 Å². The predicted octanol–water partition coefficient (Wildman–Crippen LogP) is 9.76. The van der Waals surface area contributed by atoms with Gasteiger partial charge in [0.2, 0.25) is 5.91 Å². The molecule has 58 heavy (non-hydrogen) atoms. The van der Waals surface area contributed by atoms with E-state index in [9.17, 15) is 32.7 Å². The normalized spacial score (nSPS) is 12.7. The van der Waals surface area contributed by atoms with Crippen LogP contribution in [0.4, 0.5) is 13.2 Å². The fraction of sp³-hybridized carbons (Fsp3) is 0.326. The van der Waals surface area contributed by atoms with Crippen LogP contribution in [0.15, 0.2) is 109 Å². The maximum atomic E-state index is 13.8. The Morgan fingerprint density at radius 1 is 0.741 bits per heavy atom. The first kappa shape index (κ1) is 43.1. The molecule has 0 fully saturated rings. The lowest BCUT2D eigenvalue weighted by Gasteiger charge is -2.23. The zero-order valence-electron chi connectivity index (χ0n) is 33.1. The van der Waals surface area contributed by atoms with Crippen molar-refractivity contribution >= 4 is 17.8 Å². The van der Waals surface area contributed by atoms with Crippen molar-refractivity contribution in [1.29, 1.82) is 0 Å². The number of halogens is 3. The van der Waals surface area contributed by atoms with Crippen LogP contribution in [0, 0.1) is 0 Å². The Morgan fingerprint density at radius 2 is 1.38 bits per heavy atom. The van der Waals surface area contributed by atoms with Gasteiger partial charge in [-0.2, -0.15) is 13.2 Å². The lowest BCUT2D eigenvalue weighted by Crippen LogP contribution is -2.50. The zero-order valence-corrected chi connectivity index (χ0v) is 33.1. The summed E-state index contributed by atoms with van der Waals surface area (Å²) in [6, 6.07) is 22.3. The molecule has 1 heterocycles. The number of carboxylic acid groups (broad SMARTS) is 1. The van der Waals surface area contributed by atoms with Crippen LogP contribution < -0.4 is 15.4 Å². The number of amides is 2. The van der Waals surface area contributed by atoms with Crippen molar-refractivity contribution in [3.63, 3.8) is 0 Å². The monoisotopic (exact) mass is 794 g/mol. The summed E-state index contributed by atoms with van der Waals surface area (Å²) in [6.07, 6.45) is 4.52. The van der Waals surface area contributed by atoms with Crippen LogP contribution in [-0.2, 0) is 27.6 Å². The number of hydrogen-bond acceptors (Lipinski definition) is 6. The SMILES string of the molecule is CCCCCCCOc1ccc(-c2cnc(-c3ccc(CC(NC(=O)c4ccc(C(C)(C)C)cc4)C(=O)NC(C(=O)O)c4cccc(C(F)(F)F)c4)cc3)nc2)cc1. The van der Waals surface area contributed by atoms with Gasteiger partial charge in [0.05, 0.1) is 12.2 Å². The summed E-state index contributed by atoms with van der Waals surface area (Å²) in [5.74, 6) is -1.78. The molecule has 5 rings (SSSR count). The van der Waals surface area contributed by atoms with Gasteiger partial charge in [0.15, 0.2) is 11.9 Å². The van der Waals surface area contributed by atoms with E-state index in [0.29, 0.717) is 29.6 Å². The third-order valence-electron chi connectivity index (χ3n) is 9.72. The van der Waals surface area contributed by atoms with Crippen LogP contribution in [0.5, 0.6) is 5.75 Å². The summed E-state index contributed by atoms with van der Waals surface area (Å²) in [5.41, 5.74) is 2.83. The van der Waals surface area contributed by atoms with Crippen molar-refractivity contribution in [1.82, 2.24) is 20.6 Å². The molecule has 9 nitrogen and oxygen atoms in total. The largest absolute Gasteiger partial charge is 0.494 e. The number of aromatic nitrogens is 2. The Labute approximate surface area is 337 Å². The minimum Gasteiger partial charge on any atom is -0.494 e. The first-order chi connectivity index (χ1) is 27.6. The molecular formula is C46H49F3N4O5. The van der Waals surface area contributed by atoms with Gasteiger partial charge in [0.1, 0.15) is 11.8 Å². The molecule has 5 aromatic rings. The van der Waals surface area contributed by atoms with Gasteiger partial charge >= 0.3 is 12.1 Å². The number of carboxylic acids is 1. The topological polar surface area (TPSA) is 131 Å². The maximum absolute atomic E-state index is 13.8. The number of nitrogens with one attached hydrogen (secondary N) is 2. The lowest BCUT2D eigenvalue weighted by molar-refractivity contribution is -0.142. The van der Waals surface area contributed by atoms with Crippen LogP contribution >= 0.6 is 0 Å². The first-order valence-electron chi connectivity index (χ1n) is 19.4. The van der Waals surface area contributed by atoms with E-state index >= 15 is 0 Å². The second-order valence-electron chi connectivity index (χ2n) is 15.2. The summed E-state index contributed by atoms with van der Waals surface area (Å²) in [4.78, 5) is 48.6. The summed E-state index contributed by atoms with van der Waals surface area (Å²) in [7, 11) is 0. The van der Waals surface area contributed by atoms with Crippen LogP contribution in [-0.4, -0.2) is 45.5 Å². The van der Waals surface area contributed by atoms with Gasteiger partial charge < -0.3 is 20.5 Å². The fourth-order valence-electron chi connectivity index (χ4n) is 6.29. The van der Waals surface area contributed by atoms with Gasteiger partial charge in [-0.15, -0.1) is 0 Å². The van der Waals surface area contributed by atoms with E-state index in [1.54, 1.807) is 48.8 Å². The molecule has 12 heteroatoms. The van der Waals surface area contributed by atoms with Gasteiger partial charge in [-0.25, -0.2) is 14.8 Å². The molecule has 304 valence electrons. The smallest absolute Gasteiger partial charge is 0.416 e. The quantitative estimate of drug-likeness (QED) is 0.0800. The minimum atomic E-state index is -4.73. The Morgan fingerprint density at radius 3 is 1.98 bits per heavy atom. The van der Waals surface area contributed by atoms with Gasteiger partial charge in [-0.1, -0.05) is 114 Å². The Hall–Kier alpha value is -6.04.